The number of nitrogens with zero attached hydrogens (tertiary/aromatic N) is 3. The number of carboxylic acids is 1. The fourth-order valence-electron chi connectivity index (χ4n) is 3.94. The molecule has 0 saturated carbocycles. The molecule has 3 aromatic rings. The monoisotopic (exact) mass is 481 g/mol. The van der Waals surface area contributed by atoms with E-state index >= 15 is 0 Å². The van der Waals surface area contributed by atoms with Crippen molar-refractivity contribution in [2.75, 3.05) is 0 Å². The van der Waals surface area contributed by atoms with Crippen LogP contribution in [-0.4, -0.2) is 38.5 Å². The number of hydrogen-bond donors (Lipinski definition) is 1. The Balaban J connectivity index is 1.58. The molecule has 7 nitrogen and oxygen atoms in total. The number of aromatic nitrogens is 3. The maximum absolute atomic E-state index is 12.7. The largest absolute Gasteiger partial charge is 0.481 e. The summed E-state index contributed by atoms with van der Waals surface area (Å²) in [6.45, 7) is 2.79. The minimum Gasteiger partial charge on any atom is -0.481 e. The highest BCUT2D eigenvalue weighted by molar-refractivity contribution is 6.32. The Morgan fingerprint density at radius 1 is 1.39 bits per heavy atom. The second-order valence-electron chi connectivity index (χ2n) is 7.88. The highest BCUT2D eigenvalue weighted by atomic mass is 35.5. The van der Waals surface area contributed by atoms with E-state index in [1.807, 2.05) is 19.1 Å². The molecule has 2 atom stereocenters. The molecule has 2 unspecified atom stereocenters. The van der Waals surface area contributed by atoms with E-state index in [2.05, 4.69) is 15.1 Å². The van der Waals surface area contributed by atoms with Gasteiger partial charge in [-0.25, -0.2) is 4.98 Å². The van der Waals surface area contributed by atoms with Crippen LogP contribution in [0, 0.1) is 6.92 Å². The predicted octanol–water partition coefficient (Wildman–Crippen LogP) is 5.59. The number of carboxylic acid groups (broad SMARTS) is 1. The van der Waals surface area contributed by atoms with E-state index in [0.29, 0.717) is 11.4 Å². The van der Waals surface area contributed by atoms with Crippen LogP contribution in [0.25, 0.3) is 22.8 Å². The van der Waals surface area contributed by atoms with Gasteiger partial charge in [0.15, 0.2) is 6.10 Å². The topological polar surface area (TPSA) is 98.3 Å². The zero-order valence-electron chi connectivity index (χ0n) is 17.6. The number of alkyl halides is 3. The molecule has 0 saturated heterocycles. The van der Waals surface area contributed by atoms with E-state index < -0.39 is 18.2 Å². The molecule has 1 aliphatic rings. The van der Waals surface area contributed by atoms with Gasteiger partial charge in [0.1, 0.15) is 5.02 Å². The normalized spacial score (nSPS) is 16.5. The predicted molar refractivity (Wildman–Crippen MR) is 112 cm³/mol. The third kappa shape index (κ3) is 4.66. The lowest BCUT2D eigenvalue weighted by molar-refractivity contribution is -0.189. The average molecular weight is 482 g/mol. The second-order valence-corrected chi connectivity index (χ2v) is 8.28. The van der Waals surface area contributed by atoms with E-state index in [-0.39, 0.29) is 29.1 Å². The van der Waals surface area contributed by atoms with Crippen molar-refractivity contribution in [2.45, 2.75) is 51.3 Å². The quantitative estimate of drug-likeness (QED) is 0.489. The van der Waals surface area contributed by atoms with Crippen LogP contribution in [0.3, 0.4) is 0 Å². The van der Waals surface area contributed by atoms with Gasteiger partial charge in [0.2, 0.25) is 11.7 Å². The molecule has 0 aliphatic heterocycles. The van der Waals surface area contributed by atoms with E-state index in [0.717, 1.165) is 42.0 Å². The van der Waals surface area contributed by atoms with E-state index in [4.69, 9.17) is 26.0 Å². The Hall–Kier alpha value is -3.14. The van der Waals surface area contributed by atoms with Crippen molar-refractivity contribution < 1.29 is 32.3 Å². The van der Waals surface area contributed by atoms with Gasteiger partial charge in [-0.1, -0.05) is 28.9 Å². The first-order valence-electron chi connectivity index (χ1n) is 10.1. The summed E-state index contributed by atoms with van der Waals surface area (Å²) in [5.74, 6) is -0.767. The zero-order chi connectivity index (χ0) is 23.9. The van der Waals surface area contributed by atoms with Gasteiger partial charge in [-0.05, 0) is 55.4 Å². The standard InChI is InChI=1S/C22H19ClF3N3O4/c1-10-14-4-3-12(8-18(30)31)16(14)6-5-15(10)19-28-20(33-29-19)13-7-17(23)21(27-9-13)32-11(2)22(24,25)26/h5-7,9,11-12H,3-4,8H2,1-2H3,(H,30,31). The van der Waals surface area contributed by atoms with Crippen molar-refractivity contribution in [1.82, 2.24) is 15.1 Å². The second kappa shape index (κ2) is 8.66. The minimum absolute atomic E-state index is 0.0138. The SMILES string of the molecule is Cc1c(-c2noc(-c3cnc(OC(C)C(F)(F)F)c(Cl)c3)n2)ccc2c1CCC2CC(=O)O. The number of fused-ring (bicyclic) bond motifs is 1. The lowest BCUT2D eigenvalue weighted by Gasteiger charge is -2.17. The summed E-state index contributed by atoms with van der Waals surface area (Å²) < 4.78 is 48.3. The molecule has 0 fully saturated rings. The first-order chi connectivity index (χ1) is 15.5. The smallest absolute Gasteiger partial charge is 0.425 e. The fourth-order valence-corrected chi connectivity index (χ4v) is 4.16. The Morgan fingerprint density at radius 2 is 2.15 bits per heavy atom. The van der Waals surface area contributed by atoms with Crippen molar-refractivity contribution >= 4 is 17.6 Å². The number of aliphatic carboxylic acids is 1. The summed E-state index contributed by atoms with van der Waals surface area (Å²) in [7, 11) is 0. The summed E-state index contributed by atoms with van der Waals surface area (Å²) in [4.78, 5) is 19.4. The number of benzene rings is 1. The van der Waals surface area contributed by atoms with E-state index in [9.17, 15) is 18.0 Å². The van der Waals surface area contributed by atoms with Gasteiger partial charge in [0.25, 0.3) is 5.89 Å². The van der Waals surface area contributed by atoms with E-state index in [1.165, 1.54) is 12.3 Å². The van der Waals surface area contributed by atoms with Crippen molar-refractivity contribution in [3.05, 3.63) is 46.1 Å². The van der Waals surface area contributed by atoms with Gasteiger partial charge in [-0.15, -0.1) is 0 Å². The molecular weight excluding hydrogens is 463 g/mol. The number of ether oxygens (including phenoxy) is 1. The first-order valence-corrected chi connectivity index (χ1v) is 10.5. The maximum atomic E-state index is 12.7. The highest BCUT2D eigenvalue weighted by Crippen LogP contribution is 2.40. The third-order valence-corrected chi connectivity index (χ3v) is 5.98. The molecule has 0 amide bonds. The zero-order valence-corrected chi connectivity index (χ0v) is 18.4. The van der Waals surface area contributed by atoms with Crippen molar-refractivity contribution in [3.63, 3.8) is 0 Å². The van der Waals surface area contributed by atoms with Crippen molar-refractivity contribution in [1.29, 1.82) is 0 Å². The molecule has 1 N–H and O–H groups in total. The van der Waals surface area contributed by atoms with Crippen LogP contribution in [-0.2, 0) is 11.2 Å². The van der Waals surface area contributed by atoms with Crippen LogP contribution in [0.15, 0.2) is 28.9 Å². The van der Waals surface area contributed by atoms with Gasteiger partial charge < -0.3 is 14.4 Å². The molecule has 174 valence electrons. The molecule has 1 aliphatic carbocycles. The maximum Gasteiger partial charge on any atom is 0.425 e. The molecule has 2 heterocycles. The molecule has 2 aromatic heterocycles. The molecule has 11 heteroatoms. The first kappa shape index (κ1) is 23.0. The molecule has 1 aromatic carbocycles. The Kier molecular flexibility index (Phi) is 6.04. The number of rotatable bonds is 6. The number of pyridine rings is 1. The van der Waals surface area contributed by atoms with Crippen LogP contribution in [0.2, 0.25) is 5.02 Å². The Bertz CT molecular complexity index is 1210. The molecule has 0 bridgehead atoms. The van der Waals surface area contributed by atoms with Crippen molar-refractivity contribution in [3.8, 4) is 28.7 Å². The molecule has 4 rings (SSSR count). The molecule has 0 radical (unpaired) electrons. The van der Waals surface area contributed by atoms with Crippen LogP contribution in [0.4, 0.5) is 13.2 Å². The summed E-state index contributed by atoms with van der Waals surface area (Å²) in [5, 5.41) is 13.0. The average Bonchev–Trinajstić information content (AvgIpc) is 3.37. The lowest BCUT2D eigenvalue weighted by atomic mass is 9.93. The fraction of sp³-hybridized carbons (Fsp3) is 0.364. The van der Waals surface area contributed by atoms with Gasteiger partial charge in [0, 0.05) is 11.8 Å². The van der Waals surface area contributed by atoms with Gasteiger partial charge in [-0.3, -0.25) is 4.79 Å². The third-order valence-electron chi connectivity index (χ3n) is 5.71. The van der Waals surface area contributed by atoms with E-state index in [1.54, 1.807) is 0 Å². The van der Waals surface area contributed by atoms with Crippen LogP contribution < -0.4 is 4.74 Å². The molecular formula is C22H19ClF3N3O4. The van der Waals surface area contributed by atoms with Crippen LogP contribution in [0.1, 0.15) is 42.4 Å². The Morgan fingerprint density at radius 3 is 2.82 bits per heavy atom. The minimum atomic E-state index is -4.55. The van der Waals surface area contributed by atoms with Gasteiger partial charge >= 0.3 is 12.1 Å². The van der Waals surface area contributed by atoms with Gasteiger partial charge in [-0.2, -0.15) is 18.2 Å². The molecule has 0 spiro atoms. The summed E-state index contributed by atoms with van der Waals surface area (Å²) in [6, 6.07) is 5.08. The number of hydrogen-bond acceptors (Lipinski definition) is 6. The number of carbonyl (C=O) groups is 1. The summed E-state index contributed by atoms with van der Waals surface area (Å²) in [5.41, 5.74) is 4.15. The lowest BCUT2D eigenvalue weighted by Crippen LogP contribution is -2.31. The highest BCUT2D eigenvalue weighted by Gasteiger charge is 2.38. The summed E-state index contributed by atoms with van der Waals surface area (Å²) in [6.07, 6.45) is -3.74. The van der Waals surface area contributed by atoms with Crippen molar-refractivity contribution in [2.24, 2.45) is 0 Å². The molecule has 33 heavy (non-hydrogen) atoms. The number of halogens is 4. The van der Waals surface area contributed by atoms with Crippen LogP contribution in [0.5, 0.6) is 5.88 Å². The summed E-state index contributed by atoms with van der Waals surface area (Å²) >= 11 is 6.05. The van der Waals surface area contributed by atoms with Crippen LogP contribution >= 0.6 is 11.6 Å². The van der Waals surface area contributed by atoms with Gasteiger partial charge in [0.05, 0.1) is 12.0 Å². The Labute approximate surface area is 191 Å².